The average molecular weight is 294 g/mol. The molecule has 2 aromatic rings. The van der Waals surface area contributed by atoms with Crippen LogP contribution >= 0.6 is 15.9 Å². The molecule has 1 aromatic carbocycles. The molecule has 0 atom stereocenters. The van der Waals surface area contributed by atoms with Gasteiger partial charge in [-0.1, -0.05) is 15.9 Å². The molecule has 0 radical (unpaired) electrons. The van der Waals surface area contributed by atoms with Gasteiger partial charge in [0.2, 0.25) is 0 Å². The van der Waals surface area contributed by atoms with Crippen LogP contribution in [0.1, 0.15) is 0 Å². The predicted octanol–water partition coefficient (Wildman–Crippen LogP) is 1.71. The second kappa shape index (κ2) is 4.03. The number of fused-ring (bicyclic) bond motifs is 1. The first-order valence-electron chi connectivity index (χ1n) is 5.40. The van der Waals surface area contributed by atoms with Gasteiger partial charge in [-0.15, -0.1) is 0 Å². The number of halogens is 1. The van der Waals surface area contributed by atoms with Gasteiger partial charge in [0, 0.05) is 23.5 Å². The van der Waals surface area contributed by atoms with Crippen molar-refractivity contribution in [1.29, 1.82) is 0 Å². The summed E-state index contributed by atoms with van der Waals surface area (Å²) in [4.78, 5) is 4.33. The van der Waals surface area contributed by atoms with Crippen LogP contribution in [-0.2, 0) is 7.05 Å². The lowest BCUT2D eigenvalue weighted by atomic mass is 10.2. The Morgan fingerprint density at radius 1 is 1.47 bits per heavy atom. The van der Waals surface area contributed by atoms with E-state index in [-0.39, 0.29) is 0 Å². The fourth-order valence-corrected chi connectivity index (χ4v) is 2.47. The lowest BCUT2D eigenvalue weighted by Crippen LogP contribution is -2.26. The Morgan fingerprint density at radius 3 is 3.12 bits per heavy atom. The predicted molar refractivity (Wildman–Crippen MR) is 72.3 cm³/mol. The smallest absolute Gasteiger partial charge is 0.195 e. The van der Waals surface area contributed by atoms with Crippen molar-refractivity contribution in [1.82, 2.24) is 15.1 Å². The molecule has 0 amide bonds. The Labute approximate surface area is 107 Å². The third-order valence-electron chi connectivity index (χ3n) is 2.73. The third-order valence-corrected chi connectivity index (χ3v) is 3.18. The summed E-state index contributed by atoms with van der Waals surface area (Å²) in [7, 11) is 1.94. The van der Waals surface area contributed by atoms with Crippen LogP contribution < -0.4 is 10.6 Å². The van der Waals surface area contributed by atoms with Crippen molar-refractivity contribution in [3.63, 3.8) is 0 Å². The molecule has 1 aromatic heterocycles. The maximum atomic E-state index is 4.33. The number of nitrogens with zero attached hydrogens (tertiary/aromatic N) is 3. The average Bonchev–Trinajstić information content (AvgIpc) is 2.89. The van der Waals surface area contributed by atoms with E-state index in [9.17, 15) is 0 Å². The van der Waals surface area contributed by atoms with Crippen LogP contribution in [0.4, 0.5) is 5.69 Å². The number of aromatic nitrogens is 2. The van der Waals surface area contributed by atoms with E-state index in [1.54, 1.807) is 0 Å². The molecule has 0 unspecified atom stereocenters. The van der Waals surface area contributed by atoms with Gasteiger partial charge in [-0.25, -0.2) is 0 Å². The van der Waals surface area contributed by atoms with Crippen LogP contribution in [0, 0.1) is 0 Å². The van der Waals surface area contributed by atoms with E-state index in [1.165, 1.54) is 0 Å². The first-order chi connectivity index (χ1) is 8.24. The maximum Gasteiger partial charge on any atom is 0.195 e. The maximum absolute atomic E-state index is 4.33. The molecule has 0 aliphatic carbocycles. The molecule has 1 aliphatic rings. The molecule has 2 N–H and O–H groups in total. The lowest BCUT2D eigenvalue weighted by Gasteiger charge is -2.09. The molecule has 0 saturated heterocycles. The number of nitrogens with one attached hydrogen (secondary N) is 2. The molecule has 3 rings (SSSR count). The minimum absolute atomic E-state index is 0.824. The van der Waals surface area contributed by atoms with Gasteiger partial charge < -0.3 is 10.6 Å². The molecule has 0 spiro atoms. The number of benzene rings is 1. The minimum atomic E-state index is 0.824. The summed E-state index contributed by atoms with van der Waals surface area (Å²) in [5.41, 5.74) is 2.08. The zero-order valence-electron chi connectivity index (χ0n) is 9.37. The van der Waals surface area contributed by atoms with E-state index >= 15 is 0 Å². The summed E-state index contributed by atoms with van der Waals surface area (Å²) >= 11 is 3.50. The first-order valence-corrected chi connectivity index (χ1v) is 6.20. The van der Waals surface area contributed by atoms with Crippen molar-refractivity contribution < 1.29 is 0 Å². The normalized spacial score (nSPS) is 14.8. The summed E-state index contributed by atoms with van der Waals surface area (Å²) in [5.74, 6) is 0.825. The molecular formula is C11H12BrN5. The van der Waals surface area contributed by atoms with Crippen LogP contribution in [0.5, 0.6) is 0 Å². The lowest BCUT2D eigenvalue weighted by molar-refractivity contribution is 0.797. The monoisotopic (exact) mass is 293 g/mol. The summed E-state index contributed by atoms with van der Waals surface area (Å²) in [6.45, 7) is 1.72. The number of aliphatic imine (C=N–C) groups is 1. The minimum Gasteiger partial charge on any atom is -0.354 e. The van der Waals surface area contributed by atoms with Gasteiger partial charge in [0.1, 0.15) is 0 Å². The fraction of sp³-hybridized carbons (Fsp3) is 0.273. The number of guanidine groups is 1. The van der Waals surface area contributed by atoms with Crippen molar-refractivity contribution in [3.05, 3.63) is 22.8 Å². The number of anilines is 1. The molecular weight excluding hydrogens is 282 g/mol. The molecule has 0 bridgehead atoms. The number of hydrogen-bond acceptors (Lipinski definition) is 4. The van der Waals surface area contributed by atoms with Crippen LogP contribution in [0.25, 0.3) is 10.9 Å². The van der Waals surface area contributed by atoms with Crippen molar-refractivity contribution >= 4 is 38.5 Å². The Morgan fingerprint density at radius 2 is 2.35 bits per heavy atom. The second-order valence-electron chi connectivity index (χ2n) is 3.94. The highest BCUT2D eigenvalue weighted by Gasteiger charge is 2.11. The second-order valence-corrected chi connectivity index (χ2v) is 4.86. The highest BCUT2D eigenvalue weighted by atomic mass is 79.9. The van der Waals surface area contributed by atoms with E-state index in [0.717, 1.165) is 40.1 Å². The zero-order chi connectivity index (χ0) is 11.8. The highest BCUT2D eigenvalue weighted by Crippen LogP contribution is 2.27. The van der Waals surface area contributed by atoms with Crippen molar-refractivity contribution in [2.45, 2.75) is 0 Å². The molecule has 0 fully saturated rings. The zero-order valence-corrected chi connectivity index (χ0v) is 11.0. The van der Waals surface area contributed by atoms with Crippen molar-refractivity contribution in [3.8, 4) is 0 Å². The first kappa shape index (κ1) is 10.6. The van der Waals surface area contributed by atoms with Gasteiger partial charge in [0.25, 0.3) is 0 Å². The Kier molecular flexibility index (Phi) is 2.51. The topological polar surface area (TPSA) is 54.2 Å². The molecule has 1 aliphatic heterocycles. The SMILES string of the molecule is Cn1ncc2cc(Br)cc(NC3=NCCN3)c21. The third kappa shape index (κ3) is 1.88. The molecule has 2 heterocycles. The van der Waals surface area contributed by atoms with E-state index < -0.39 is 0 Å². The van der Waals surface area contributed by atoms with Gasteiger partial charge in [-0.05, 0) is 12.1 Å². The van der Waals surface area contributed by atoms with E-state index in [4.69, 9.17) is 0 Å². The van der Waals surface area contributed by atoms with Crippen LogP contribution in [0.3, 0.4) is 0 Å². The number of aryl methyl sites for hydroxylation is 1. The van der Waals surface area contributed by atoms with Gasteiger partial charge >= 0.3 is 0 Å². The van der Waals surface area contributed by atoms with Crippen LogP contribution in [0.15, 0.2) is 27.8 Å². The summed E-state index contributed by atoms with van der Waals surface area (Å²) in [6, 6.07) is 4.09. The molecule has 88 valence electrons. The van der Waals surface area contributed by atoms with Crippen LogP contribution in [-0.4, -0.2) is 28.8 Å². The molecule has 5 nitrogen and oxygen atoms in total. The van der Waals surface area contributed by atoms with E-state index in [2.05, 4.69) is 42.7 Å². The Hall–Kier alpha value is -1.56. The van der Waals surface area contributed by atoms with Gasteiger partial charge in [-0.2, -0.15) is 5.10 Å². The van der Waals surface area contributed by atoms with Crippen LogP contribution in [0.2, 0.25) is 0 Å². The van der Waals surface area contributed by atoms with Gasteiger partial charge in [0.05, 0.1) is 23.9 Å². The molecule has 6 heteroatoms. The fourth-order valence-electron chi connectivity index (χ4n) is 1.99. The standard InChI is InChI=1S/C11H12BrN5/c1-17-10-7(6-15-17)4-8(12)5-9(10)16-11-13-2-3-14-11/h4-6H,2-3H2,1H3,(H2,13,14,16). The van der Waals surface area contributed by atoms with Gasteiger partial charge in [-0.3, -0.25) is 9.67 Å². The van der Waals surface area contributed by atoms with Crippen molar-refractivity contribution in [2.75, 3.05) is 18.4 Å². The molecule has 17 heavy (non-hydrogen) atoms. The quantitative estimate of drug-likeness (QED) is 0.842. The van der Waals surface area contributed by atoms with Gasteiger partial charge in [0.15, 0.2) is 5.96 Å². The molecule has 0 saturated carbocycles. The van der Waals surface area contributed by atoms with E-state index in [0.29, 0.717) is 0 Å². The number of rotatable bonds is 1. The highest BCUT2D eigenvalue weighted by molar-refractivity contribution is 9.10. The Bertz CT molecular complexity index is 601. The summed E-state index contributed by atoms with van der Waals surface area (Å²) in [5, 5.41) is 11.9. The summed E-state index contributed by atoms with van der Waals surface area (Å²) in [6.07, 6.45) is 1.86. The Balaban J connectivity index is 2.10. The largest absolute Gasteiger partial charge is 0.354 e. The summed E-state index contributed by atoms with van der Waals surface area (Å²) < 4.78 is 2.89. The number of hydrogen-bond donors (Lipinski definition) is 2. The van der Waals surface area contributed by atoms with Crippen molar-refractivity contribution in [2.24, 2.45) is 12.0 Å². The van der Waals surface area contributed by atoms with E-state index in [1.807, 2.05) is 24.0 Å².